The van der Waals surface area contributed by atoms with Crippen molar-refractivity contribution in [3.63, 3.8) is 0 Å². The average Bonchev–Trinajstić information content (AvgIpc) is 2.37. The molecule has 19 heavy (non-hydrogen) atoms. The van der Waals surface area contributed by atoms with Crippen LogP contribution in [0.2, 0.25) is 0 Å². The van der Waals surface area contributed by atoms with Gasteiger partial charge in [-0.2, -0.15) is 0 Å². The highest BCUT2D eigenvalue weighted by Crippen LogP contribution is 2.03. The van der Waals surface area contributed by atoms with Gasteiger partial charge in [-0.1, -0.05) is 44.2 Å². The molecule has 0 unspecified atom stereocenters. The first-order chi connectivity index (χ1) is 8.99. The van der Waals surface area contributed by atoms with E-state index in [9.17, 15) is 4.79 Å². The Kier molecular flexibility index (Phi) is 6.29. The highest BCUT2D eigenvalue weighted by atomic mass is 32.1. The summed E-state index contributed by atoms with van der Waals surface area (Å²) in [6.07, 6.45) is -0.501. The van der Waals surface area contributed by atoms with Gasteiger partial charge in [0.15, 0.2) is 5.11 Å². The van der Waals surface area contributed by atoms with Crippen molar-refractivity contribution in [2.45, 2.75) is 20.4 Å². The molecule has 0 aliphatic carbocycles. The minimum atomic E-state index is -0.501. The molecule has 1 aromatic carbocycles. The zero-order chi connectivity index (χ0) is 14.3. The molecule has 1 amide bonds. The van der Waals surface area contributed by atoms with Gasteiger partial charge in [0.05, 0.1) is 6.61 Å². The van der Waals surface area contributed by atoms with Crippen LogP contribution in [-0.4, -0.2) is 29.8 Å². The molecule has 104 valence electrons. The van der Waals surface area contributed by atoms with Gasteiger partial charge in [0.1, 0.15) is 0 Å². The first-order valence-corrected chi connectivity index (χ1v) is 6.62. The van der Waals surface area contributed by atoms with Gasteiger partial charge in [-0.05, 0) is 23.7 Å². The van der Waals surface area contributed by atoms with Crippen molar-refractivity contribution < 1.29 is 9.53 Å². The molecule has 0 saturated carbocycles. The zero-order valence-electron chi connectivity index (χ0n) is 11.6. The van der Waals surface area contributed by atoms with E-state index in [0.29, 0.717) is 24.2 Å². The molecule has 1 aromatic rings. The van der Waals surface area contributed by atoms with Crippen LogP contribution >= 0.6 is 12.2 Å². The van der Waals surface area contributed by atoms with Crippen molar-refractivity contribution in [3.05, 3.63) is 35.9 Å². The number of nitrogens with one attached hydrogen (secondary N) is 1. The molecule has 0 radical (unpaired) electrons. The Labute approximate surface area is 119 Å². The highest BCUT2D eigenvalue weighted by Gasteiger charge is 2.10. The molecule has 1 N–H and O–H groups in total. The van der Waals surface area contributed by atoms with Gasteiger partial charge in [-0.3, -0.25) is 5.32 Å². The van der Waals surface area contributed by atoms with E-state index >= 15 is 0 Å². The van der Waals surface area contributed by atoms with Crippen LogP contribution < -0.4 is 5.32 Å². The van der Waals surface area contributed by atoms with Gasteiger partial charge >= 0.3 is 6.09 Å². The molecule has 0 fully saturated rings. The van der Waals surface area contributed by atoms with E-state index in [2.05, 4.69) is 5.32 Å². The molecular weight excluding hydrogens is 260 g/mol. The van der Waals surface area contributed by atoms with E-state index in [0.717, 1.165) is 5.56 Å². The molecule has 0 spiro atoms. The van der Waals surface area contributed by atoms with Crippen LogP contribution in [0.3, 0.4) is 0 Å². The fraction of sp³-hybridized carbons (Fsp3) is 0.429. The van der Waals surface area contributed by atoms with Crippen molar-refractivity contribution in [3.8, 4) is 0 Å². The third-order valence-corrected chi connectivity index (χ3v) is 2.78. The molecule has 1 rings (SSSR count). The van der Waals surface area contributed by atoms with Gasteiger partial charge in [-0.15, -0.1) is 0 Å². The van der Waals surface area contributed by atoms with Crippen LogP contribution in [0.15, 0.2) is 30.3 Å². The van der Waals surface area contributed by atoms with Crippen molar-refractivity contribution in [2.24, 2.45) is 5.92 Å². The smallest absolute Gasteiger partial charge is 0.413 e. The number of nitrogens with zero attached hydrogens (tertiary/aromatic N) is 1. The van der Waals surface area contributed by atoms with E-state index in [1.165, 1.54) is 0 Å². The molecule has 0 bridgehead atoms. The SMILES string of the molecule is CC(C)COC(=O)NC(=S)N(C)Cc1ccccc1. The van der Waals surface area contributed by atoms with Gasteiger partial charge in [-0.25, -0.2) is 4.79 Å². The summed E-state index contributed by atoms with van der Waals surface area (Å²) in [7, 11) is 1.83. The number of carbonyl (C=O) groups excluding carboxylic acids is 1. The second kappa shape index (κ2) is 7.74. The van der Waals surface area contributed by atoms with Crippen LogP contribution in [0, 0.1) is 5.92 Å². The van der Waals surface area contributed by atoms with Crippen LogP contribution in [0.25, 0.3) is 0 Å². The quantitative estimate of drug-likeness (QED) is 0.861. The summed E-state index contributed by atoms with van der Waals surface area (Å²) in [4.78, 5) is 13.3. The molecule has 0 atom stereocenters. The van der Waals surface area contributed by atoms with Crippen LogP contribution in [0.1, 0.15) is 19.4 Å². The maximum atomic E-state index is 11.5. The third kappa shape index (κ3) is 6.20. The van der Waals surface area contributed by atoms with Crippen molar-refractivity contribution in [1.29, 1.82) is 0 Å². The van der Waals surface area contributed by atoms with Gasteiger partial charge in [0, 0.05) is 13.6 Å². The fourth-order valence-electron chi connectivity index (χ4n) is 1.39. The Hall–Kier alpha value is -1.62. The predicted octanol–water partition coefficient (Wildman–Crippen LogP) is 2.79. The summed E-state index contributed by atoms with van der Waals surface area (Å²) in [5.74, 6) is 0.307. The number of benzene rings is 1. The van der Waals surface area contributed by atoms with Crippen molar-refractivity contribution in [2.75, 3.05) is 13.7 Å². The van der Waals surface area contributed by atoms with Gasteiger partial charge in [0.25, 0.3) is 0 Å². The summed E-state index contributed by atoms with van der Waals surface area (Å²) in [6, 6.07) is 9.92. The van der Waals surface area contributed by atoms with Crippen molar-refractivity contribution in [1.82, 2.24) is 10.2 Å². The normalized spacial score (nSPS) is 10.1. The van der Waals surface area contributed by atoms with Gasteiger partial charge < -0.3 is 9.64 Å². The Morgan fingerprint density at radius 3 is 2.58 bits per heavy atom. The van der Waals surface area contributed by atoms with E-state index < -0.39 is 6.09 Å². The summed E-state index contributed by atoms with van der Waals surface area (Å²) in [5, 5.41) is 2.91. The molecule has 5 heteroatoms. The number of rotatable bonds is 4. The number of alkyl carbamates (subject to hydrolysis) is 1. The lowest BCUT2D eigenvalue weighted by Crippen LogP contribution is -2.40. The van der Waals surface area contributed by atoms with Crippen LogP contribution in [0.4, 0.5) is 4.79 Å². The monoisotopic (exact) mass is 280 g/mol. The standard InChI is InChI=1S/C14H20N2O2S/c1-11(2)10-18-14(17)15-13(19)16(3)9-12-7-5-4-6-8-12/h4-8,11H,9-10H2,1-3H3,(H,15,17,19). The maximum Gasteiger partial charge on any atom is 0.413 e. The van der Waals surface area contributed by atoms with E-state index in [4.69, 9.17) is 17.0 Å². The van der Waals surface area contributed by atoms with Crippen LogP contribution in [-0.2, 0) is 11.3 Å². The average molecular weight is 280 g/mol. The fourth-order valence-corrected chi connectivity index (χ4v) is 1.54. The largest absolute Gasteiger partial charge is 0.449 e. The summed E-state index contributed by atoms with van der Waals surface area (Å²) >= 11 is 5.15. The first-order valence-electron chi connectivity index (χ1n) is 6.22. The second-order valence-electron chi connectivity index (χ2n) is 4.76. The second-order valence-corrected chi connectivity index (χ2v) is 5.15. The first kappa shape index (κ1) is 15.4. The van der Waals surface area contributed by atoms with Crippen molar-refractivity contribution >= 4 is 23.4 Å². The summed E-state index contributed by atoms with van der Waals surface area (Å²) < 4.78 is 5.01. The lowest BCUT2D eigenvalue weighted by atomic mass is 10.2. The Morgan fingerprint density at radius 2 is 2.00 bits per heavy atom. The molecular formula is C14H20N2O2S. The molecule has 0 aromatic heterocycles. The minimum Gasteiger partial charge on any atom is -0.449 e. The van der Waals surface area contributed by atoms with E-state index in [-0.39, 0.29) is 0 Å². The number of hydrogen-bond donors (Lipinski definition) is 1. The highest BCUT2D eigenvalue weighted by molar-refractivity contribution is 7.80. The number of ether oxygens (including phenoxy) is 1. The number of carbonyl (C=O) groups is 1. The minimum absolute atomic E-state index is 0.307. The summed E-state index contributed by atoms with van der Waals surface area (Å²) in [6.45, 7) is 4.99. The van der Waals surface area contributed by atoms with Crippen LogP contribution in [0.5, 0.6) is 0 Å². The number of hydrogen-bond acceptors (Lipinski definition) is 3. The Balaban J connectivity index is 2.38. The molecule has 0 saturated heterocycles. The lowest BCUT2D eigenvalue weighted by Gasteiger charge is -2.20. The maximum absolute atomic E-state index is 11.5. The Bertz CT molecular complexity index is 421. The number of thiocarbonyl (C=S) groups is 1. The van der Waals surface area contributed by atoms with Gasteiger partial charge in [0.2, 0.25) is 0 Å². The Morgan fingerprint density at radius 1 is 1.37 bits per heavy atom. The third-order valence-electron chi connectivity index (χ3n) is 2.37. The van der Waals surface area contributed by atoms with E-state index in [1.54, 1.807) is 4.90 Å². The number of amides is 1. The predicted molar refractivity (Wildman–Crippen MR) is 79.8 cm³/mol. The van der Waals surface area contributed by atoms with E-state index in [1.807, 2.05) is 51.2 Å². The molecule has 4 nitrogen and oxygen atoms in total. The lowest BCUT2D eigenvalue weighted by molar-refractivity contribution is 0.137. The molecule has 0 aliphatic rings. The zero-order valence-corrected chi connectivity index (χ0v) is 12.4. The topological polar surface area (TPSA) is 41.6 Å². The summed E-state index contributed by atoms with van der Waals surface area (Å²) in [5.41, 5.74) is 1.13. The molecule has 0 heterocycles. The molecule has 0 aliphatic heterocycles.